The molecule has 0 N–H and O–H groups in total. The Kier molecular flexibility index (Phi) is 4.87. The van der Waals surface area contributed by atoms with E-state index in [4.69, 9.17) is 18.9 Å². The van der Waals surface area contributed by atoms with Gasteiger partial charge in [0, 0.05) is 26.1 Å². The Bertz CT molecular complexity index is 877. The highest BCUT2D eigenvalue weighted by atomic mass is 16.7. The molecule has 1 amide bonds. The van der Waals surface area contributed by atoms with E-state index >= 15 is 0 Å². The third-order valence-corrected chi connectivity index (χ3v) is 4.42. The third kappa shape index (κ3) is 4.00. The highest BCUT2D eigenvalue weighted by Gasteiger charge is 2.15. The van der Waals surface area contributed by atoms with Crippen LogP contribution in [0.5, 0.6) is 23.0 Å². The molecular formula is C21H21NO5. The van der Waals surface area contributed by atoms with Gasteiger partial charge in [-0.05, 0) is 41.5 Å². The molecule has 0 atom stereocenters. The normalized spacial score (nSPS) is 14.9. The van der Waals surface area contributed by atoms with E-state index in [0.717, 1.165) is 40.5 Å². The molecule has 4 rings (SSSR count). The van der Waals surface area contributed by atoms with Crippen LogP contribution in [0, 0.1) is 0 Å². The molecule has 6 heteroatoms. The molecule has 0 aliphatic carbocycles. The molecule has 0 unspecified atom stereocenters. The maximum atomic E-state index is 12.4. The Morgan fingerprint density at radius 1 is 0.963 bits per heavy atom. The van der Waals surface area contributed by atoms with Crippen LogP contribution in [-0.4, -0.2) is 37.9 Å². The first-order chi connectivity index (χ1) is 13.2. The van der Waals surface area contributed by atoms with E-state index in [1.54, 1.807) is 24.1 Å². The molecule has 0 saturated heterocycles. The van der Waals surface area contributed by atoms with E-state index in [1.165, 1.54) is 0 Å². The molecule has 0 saturated carbocycles. The second kappa shape index (κ2) is 7.61. The standard InChI is InChI=1S/C21H21NO5/c1-22(13-16-4-7-18-20(12-16)27-14-26-18)21(23)8-5-15-3-6-17-19(11-15)25-10-2-9-24-17/h3-8,11-12H,2,9-10,13-14H2,1H3/b8-5+. The summed E-state index contributed by atoms with van der Waals surface area (Å²) in [7, 11) is 1.77. The lowest BCUT2D eigenvalue weighted by molar-refractivity contribution is -0.125. The molecule has 2 heterocycles. The molecule has 2 aromatic carbocycles. The molecule has 2 aromatic rings. The number of nitrogens with zero attached hydrogens (tertiary/aromatic N) is 1. The van der Waals surface area contributed by atoms with Crippen LogP contribution >= 0.6 is 0 Å². The highest BCUT2D eigenvalue weighted by Crippen LogP contribution is 2.33. The fourth-order valence-corrected chi connectivity index (χ4v) is 2.97. The molecule has 0 bridgehead atoms. The minimum absolute atomic E-state index is 0.0835. The van der Waals surface area contributed by atoms with Gasteiger partial charge in [-0.3, -0.25) is 4.79 Å². The van der Waals surface area contributed by atoms with Crippen molar-refractivity contribution in [3.63, 3.8) is 0 Å². The van der Waals surface area contributed by atoms with Crippen molar-refractivity contribution in [1.29, 1.82) is 0 Å². The maximum Gasteiger partial charge on any atom is 0.246 e. The van der Waals surface area contributed by atoms with Crippen molar-refractivity contribution in [2.24, 2.45) is 0 Å². The summed E-state index contributed by atoms with van der Waals surface area (Å²) >= 11 is 0. The predicted octanol–water partition coefficient (Wildman–Crippen LogP) is 3.25. The SMILES string of the molecule is CN(Cc1ccc2c(c1)OCO2)C(=O)/C=C/c1ccc2c(c1)OCCCO2. The molecule has 2 aliphatic heterocycles. The monoisotopic (exact) mass is 367 g/mol. The first kappa shape index (κ1) is 17.3. The lowest BCUT2D eigenvalue weighted by Crippen LogP contribution is -2.24. The summed E-state index contributed by atoms with van der Waals surface area (Å²) < 4.78 is 22.0. The van der Waals surface area contributed by atoms with Crippen molar-refractivity contribution in [3.8, 4) is 23.0 Å². The fraction of sp³-hybridized carbons (Fsp3) is 0.286. The van der Waals surface area contributed by atoms with Gasteiger partial charge >= 0.3 is 0 Å². The number of hydrogen-bond acceptors (Lipinski definition) is 5. The van der Waals surface area contributed by atoms with E-state index in [1.807, 2.05) is 36.4 Å². The summed E-state index contributed by atoms with van der Waals surface area (Å²) in [6.07, 6.45) is 4.21. The van der Waals surface area contributed by atoms with Crippen LogP contribution < -0.4 is 18.9 Å². The number of ether oxygens (including phenoxy) is 4. The second-order valence-electron chi connectivity index (χ2n) is 6.47. The Morgan fingerprint density at radius 3 is 2.56 bits per heavy atom. The number of likely N-dealkylation sites (N-methyl/N-ethyl adjacent to an activating group) is 1. The molecule has 140 valence electrons. The van der Waals surface area contributed by atoms with Crippen molar-refractivity contribution in [2.75, 3.05) is 27.1 Å². The molecule has 6 nitrogen and oxygen atoms in total. The van der Waals surface area contributed by atoms with Gasteiger partial charge in [-0.15, -0.1) is 0 Å². The minimum Gasteiger partial charge on any atom is -0.490 e. The quantitative estimate of drug-likeness (QED) is 0.777. The van der Waals surface area contributed by atoms with Crippen LogP contribution in [0.1, 0.15) is 17.5 Å². The predicted molar refractivity (Wildman–Crippen MR) is 100 cm³/mol. The van der Waals surface area contributed by atoms with Crippen LogP contribution in [0.3, 0.4) is 0 Å². The number of amides is 1. The van der Waals surface area contributed by atoms with Gasteiger partial charge in [0.15, 0.2) is 23.0 Å². The van der Waals surface area contributed by atoms with Gasteiger partial charge in [0.1, 0.15) is 0 Å². The molecule has 0 radical (unpaired) electrons. The van der Waals surface area contributed by atoms with Gasteiger partial charge in [-0.1, -0.05) is 12.1 Å². The number of hydrogen-bond donors (Lipinski definition) is 0. The Morgan fingerprint density at radius 2 is 1.67 bits per heavy atom. The van der Waals surface area contributed by atoms with Crippen molar-refractivity contribution in [2.45, 2.75) is 13.0 Å². The van der Waals surface area contributed by atoms with Crippen molar-refractivity contribution >= 4 is 12.0 Å². The van der Waals surface area contributed by atoms with Gasteiger partial charge in [-0.2, -0.15) is 0 Å². The van der Waals surface area contributed by atoms with Gasteiger partial charge in [-0.25, -0.2) is 0 Å². The van der Waals surface area contributed by atoms with Gasteiger partial charge in [0.05, 0.1) is 13.2 Å². The van der Waals surface area contributed by atoms with Crippen LogP contribution in [0.4, 0.5) is 0 Å². The lowest BCUT2D eigenvalue weighted by Gasteiger charge is -2.15. The van der Waals surface area contributed by atoms with E-state index in [-0.39, 0.29) is 12.7 Å². The lowest BCUT2D eigenvalue weighted by atomic mass is 10.1. The van der Waals surface area contributed by atoms with E-state index in [2.05, 4.69) is 0 Å². The van der Waals surface area contributed by atoms with E-state index < -0.39 is 0 Å². The summed E-state index contributed by atoms with van der Waals surface area (Å²) in [5, 5.41) is 0. The highest BCUT2D eigenvalue weighted by molar-refractivity contribution is 5.91. The molecule has 0 fully saturated rings. The third-order valence-electron chi connectivity index (χ3n) is 4.42. The largest absolute Gasteiger partial charge is 0.490 e. The molecule has 0 aromatic heterocycles. The first-order valence-corrected chi connectivity index (χ1v) is 8.90. The summed E-state index contributed by atoms with van der Waals surface area (Å²) in [6.45, 7) is 2.02. The Labute approximate surface area is 157 Å². The topological polar surface area (TPSA) is 57.2 Å². The van der Waals surface area contributed by atoms with E-state index in [0.29, 0.717) is 19.8 Å². The van der Waals surface area contributed by atoms with Gasteiger partial charge in [0.2, 0.25) is 12.7 Å². The van der Waals surface area contributed by atoms with Crippen molar-refractivity contribution < 1.29 is 23.7 Å². The average Bonchev–Trinajstić information content (AvgIpc) is 3.02. The summed E-state index contributed by atoms with van der Waals surface area (Å²) in [5.74, 6) is 2.84. The van der Waals surface area contributed by atoms with Crippen LogP contribution in [0.15, 0.2) is 42.5 Å². The second-order valence-corrected chi connectivity index (χ2v) is 6.47. The number of carbonyl (C=O) groups excluding carboxylic acids is 1. The van der Waals surface area contributed by atoms with Crippen molar-refractivity contribution in [3.05, 3.63) is 53.6 Å². The number of rotatable bonds is 4. The number of benzene rings is 2. The van der Waals surface area contributed by atoms with Crippen LogP contribution in [0.25, 0.3) is 6.08 Å². The summed E-state index contributed by atoms with van der Waals surface area (Å²) in [4.78, 5) is 14.1. The number of fused-ring (bicyclic) bond motifs is 2. The maximum absolute atomic E-state index is 12.4. The van der Waals surface area contributed by atoms with Crippen molar-refractivity contribution in [1.82, 2.24) is 4.90 Å². The number of carbonyl (C=O) groups is 1. The molecular weight excluding hydrogens is 346 g/mol. The van der Waals surface area contributed by atoms with Crippen LogP contribution in [-0.2, 0) is 11.3 Å². The van der Waals surface area contributed by atoms with Gasteiger partial charge < -0.3 is 23.8 Å². The molecule has 0 spiro atoms. The van der Waals surface area contributed by atoms with E-state index in [9.17, 15) is 4.79 Å². The first-order valence-electron chi connectivity index (χ1n) is 8.90. The minimum atomic E-state index is -0.0835. The zero-order valence-corrected chi connectivity index (χ0v) is 15.1. The Hall–Kier alpha value is -3.15. The molecule has 2 aliphatic rings. The summed E-state index contributed by atoms with van der Waals surface area (Å²) in [6, 6.07) is 11.4. The summed E-state index contributed by atoms with van der Waals surface area (Å²) in [5.41, 5.74) is 1.88. The van der Waals surface area contributed by atoms with Crippen LogP contribution in [0.2, 0.25) is 0 Å². The van der Waals surface area contributed by atoms with Gasteiger partial charge in [0.25, 0.3) is 0 Å². The average molecular weight is 367 g/mol. The fourth-order valence-electron chi connectivity index (χ4n) is 2.97. The zero-order valence-electron chi connectivity index (χ0n) is 15.1. The smallest absolute Gasteiger partial charge is 0.246 e. The Balaban J connectivity index is 1.40. The molecule has 27 heavy (non-hydrogen) atoms. The zero-order chi connectivity index (χ0) is 18.6.